The summed E-state index contributed by atoms with van der Waals surface area (Å²) >= 11 is 0. The molecule has 0 aliphatic heterocycles. The van der Waals surface area contributed by atoms with E-state index in [0.29, 0.717) is 36.2 Å². The van der Waals surface area contributed by atoms with Gasteiger partial charge < -0.3 is 10.1 Å². The summed E-state index contributed by atoms with van der Waals surface area (Å²) in [6, 6.07) is 16.6. The van der Waals surface area contributed by atoms with Crippen LogP contribution in [0.3, 0.4) is 0 Å². The molecule has 0 saturated carbocycles. The number of ketones is 1. The van der Waals surface area contributed by atoms with Gasteiger partial charge in [-0.2, -0.15) is 0 Å². The number of hydrogen-bond donors (Lipinski definition) is 1. The van der Waals surface area contributed by atoms with E-state index in [1.807, 2.05) is 33.9 Å². The second kappa shape index (κ2) is 15.2. The van der Waals surface area contributed by atoms with Crippen molar-refractivity contribution in [2.75, 3.05) is 0 Å². The third-order valence-corrected chi connectivity index (χ3v) is 6.42. The zero-order valence-electron chi connectivity index (χ0n) is 24.0. The molecule has 3 nitrogen and oxygen atoms in total. The molecule has 1 aromatic heterocycles. The van der Waals surface area contributed by atoms with Gasteiger partial charge in [0.1, 0.15) is 0 Å². The fourth-order valence-corrected chi connectivity index (χ4v) is 4.20. The van der Waals surface area contributed by atoms with Crippen molar-refractivity contribution < 1.29 is 30.0 Å². The van der Waals surface area contributed by atoms with Crippen LogP contribution < -0.4 is 0 Å². The zero-order valence-corrected chi connectivity index (χ0v) is 26.4. The van der Waals surface area contributed by atoms with Crippen LogP contribution in [0.15, 0.2) is 53.9 Å². The van der Waals surface area contributed by atoms with Crippen molar-refractivity contribution in [3.05, 3.63) is 76.7 Å². The molecule has 1 unspecified atom stereocenters. The van der Waals surface area contributed by atoms with Crippen LogP contribution in [0.5, 0.6) is 0 Å². The third-order valence-electron chi connectivity index (χ3n) is 6.42. The maximum atomic E-state index is 11.6. The Kier molecular flexibility index (Phi) is 13.4. The van der Waals surface area contributed by atoms with E-state index < -0.39 is 0 Å². The Hall–Kier alpha value is -2.29. The maximum Gasteiger partial charge on any atom is 0.162 e. The molecule has 0 bridgehead atoms. The van der Waals surface area contributed by atoms with Crippen LogP contribution in [-0.2, 0) is 24.9 Å². The SMILES string of the molecule is C/C(C(=O)CC(C)C)=C(/O)CC(C)C.CCC(C)c1ccc2c(-c3[c-]c(C)cc(C)c3)nccc2c1.[Ir]. The maximum absolute atomic E-state index is 11.6. The van der Waals surface area contributed by atoms with Gasteiger partial charge in [-0.05, 0) is 59.2 Å². The molecular formula is C33H44IrNO2-. The summed E-state index contributed by atoms with van der Waals surface area (Å²) in [5, 5.41) is 12.1. The van der Waals surface area contributed by atoms with Gasteiger partial charge in [-0.1, -0.05) is 73.6 Å². The standard InChI is InChI=1S/C21H22N.C12H22O2.Ir/c1-5-16(4)17-6-7-20-18(13-17)8-9-22-21(20)19-11-14(2)10-15(3)12-19;1-8(2)6-11(13)10(5)12(14)7-9(3)4;/h6-11,13,16H,5H2,1-4H3;8-9,13H,6-7H2,1-5H3;/q-1;;/b;11-10-;. The third kappa shape index (κ3) is 9.83. The molecule has 0 aliphatic rings. The van der Waals surface area contributed by atoms with Crippen molar-refractivity contribution in [3.8, 4) is 11.3 Å². The Morgan fingerprint density at radius 2 is 1.62 bits per heavy atom. The predicted octanol–water partition coefficient (Wildman–Crippen LogP) is 9.31. The summed E-state index contributed by atoms with van der Waals surface area (Å²) in [4.78, 5) is 16.2. The summed E-state index contributed by atoms with van der Waals surface area (Å²) < 4.78 is 0. The van der Waals surface area contributed by atoms with Crippen molar-refractivity contribution in [1.29, 1.82) is 0 Å². The molecular weight excluding hydrogens is 635 g/mol. The molecule has 0 aliphatic carbocycles. The molecule has 0 spiro atoms. The van der Waals surface area contributed by atoms with Gasteiger partial charge in [0.15, 0.2) is 5.78 Å². The number of benzene rings is 2. The fourth-order valence-electron chi connectivity index (χ4n) is 4.20. The Balaban J connectivity index is 0.000000401. The molecule has 1 N–H and O–H groups in total. The Morgan fingerprint density at radius 1 is 0.973 bits per heavy atom. The molecule has 2 aromatic carbocycles. The van der Waals surface area contributed by atoms with Crippen molar-refractivity contribution in [1.82, 2.24) is 4.98 Å². The van der Waals surface area contributed by atoms with E-state index >= 15 is 0 Å². The normalized spacial score (nSPS) is 12.5. The minimum atomic E-state index is 0. The number of pyridine rings is 1. The second-order valence-corrected chi connectivity index (χ2v) is 10.9. The summed E-state index contributed by atoms with van der Waals surface area (Å²) in [5.74, 6) is 1.65. The number of carbonyl (C=O) groups is 1. The van der Waals surface area contributed by atoms with Gasteiger partial charge in [-0.3, -0.25) is 4.79 Å². The molecule has 4 heteroatoms. The van der Waals surface area contributed by atoms with E-state index in [2.05, 4.69) is 75.1 Å². The van der Waals surface area contributed by atoms with E-state index in [1.165, 1.54) is 21.9 Å². The van der Waals surface area contributed by atoms with Crippen molar-refractivity contribution in [2.24, 2.45) is 11.8 Å². The Bertz CT molecular complexity index is 1190. The minimum absolute atomic E-state index is 0. The molecule has 3 rings (SSSR count). The number of rotatable bonds is 8. The van der Waals surface area contributed by atoms with Gasteiger partial charge >= 0.3 is 0 Å². The monoisotopic (exact) mass is 679 g/mol. The minimum Gasteiger partial charge on any atom is -0.512 e. The van der Waals surface area contributed by atoms with Crippen LogP contribution in [0.25, 0.3) is 22.0 Å². The van der Waals surface area contributed by atoms with Gasteiger partial charge in [0, 0.05) is 44.7 Å². The Labute approximate surface area is 238 Å². The number of aromatic nitrogens is 1. The zero-order chi connectivity index (χ0) is 27.0. The van der Waals surface area contributed by atoms with Crippen LogP contribution in [0.2, 0.25) is 0 Å². The first-order chi connectivity index (χ1) is 16.9. The summed E-state index contributed by atoms with van der Waals surface area (Å²) in [6.07, 6.45) is 4.18. The smallest absolute Gasteiger partial charge is 0.162 e. The van der Waals surface area contributed by atoms with Crippen LogP contribution in [0, 0.1) is 31.7 Å². The number of Topliss-reactive ketones (excluding diaryl/α,β-unsaturated/α-hetero) is 1. The molecule has 203 valence electrons. The first-order valence-electron chi connectivity index (χ1n) is 13.2. The van der Waals surface area contributed by atoms with Crippen molar-refractivity contribution in [3.63, 3.8) is 0 Å². The first-order valence-corrected chi connectivity index (χ1v) is 13.2. The van der Waals surface area contributed by atoms with E-state index in [1.54, 1.807) is 6.92 Å². The van der Waals surface area contributed by atoms with E-state index in [0.717, 1.165) is 23.2 Å². The molecule has 0 fully saturated rings. The topological polar surface area (TPSA) is 50.2 Å². The molecule has 0 amide bonds. The second-order valence-electron chi connectivity index (χ2n) is 10.9. The van der Waals surface area contributed by atoms with Gasteiger partial charge in [-0.15, -0.1) is 34.9 Å². The fraction of sp³-hybridized carbons (Fsp3) is 0.455. The van der Waals surface area contributed by atoms with Crippen LogP contribution >= 0.6 is 0 Å². The number of hydrogen-bond acceptors (Lipinski definition) is 3. The number of allylic oxidation sites excluding steroid dienone is 2. The largest absolute Gasteiger partial charge is 0.512 e. The van der Waals surface area contributed by atoms with E-state index in [9.17, 15) is 9.90 Å². The molecule has 0 saturated heterocycles. The quantitative estimate of drug-likeness (QED) is 0.147. The summed E-state index contributed by atoms with van der Waals surface area (Å²) in [5.41, 5.74) is 6.45. The molecule has 37 heavy (non-hydrogen) atoms. The Morgan fingerprint density at radius 3 is 2.19 bits per heavy atom. The first kappa shape index (κ1) is 32.7. The number of nitrogens with zero attached hydrogens (tertiary/aromatic N) is 1. The van der Waals surface area contributed by atoms with Gasteiger partial charge in [0.25, 0.3) is 0 Å². The van der Waals surface area contributed by atoms with Crippen LogP contribution in [-0.4, -0.2) is 15.9 Å². The van der Waals surface area contributed by atoms with Crippen molar-refractivity contribution in [2.45, 2.75) is 87.5 Å². The van der Waals surface area contributed by atoms with Crippen LogP contribution in [0.1, 0.15) is 90.3 Å². The number of fused-ring (bicyclic) bond motifs is 1. The number of aliphatic hydroxyl groups excluding tert-OH is 1. The van der Waals surface area contributed by atoms with E-state index in [-0.39, 0.29) is 31.6 Å². The van der Waals surface area contributed by atoms with Crippen molar-refractivity contribution >= 4 is 16.6 Å². The molecule has 1 radical (unpaired) electrons. The summed E-state index contributed by atoms with van der Waals surface area (Å²) in [7, 11) is 0. The molecule has 1 heterocycles. The average Bonchev–Trinajstić information content (AvgIpc) is 2.81. The summed E-state index contributed by atoms with van der Waals surface area (Å²) in [6.45, 7) is 18.5. The van der Waals surface area contributed by atoms with Gasteiger partial charge in [0.05, 0.1) is 5.76 Å². The van der Waals surface area contributed by atoms with Gasteiger partial charge in [0.2, 0.25) is 0 Å². The van der Waals surface area contributed by atoms with Crippen LogP contribution in [0.4, 0.5) is 0 Å². The molecule has 3 aromatic rings. The number of carbonyl (C=O) groups excluding carboxylic acids is 1. The van der Waals surface area contributed by atoms with E-state index in [4.69, 9.17) is 0 Å². The average molecular weight is 679 g/mol. The number of aliphatic hydroxyl groups is 1. The van der Waals surface area contributed by atoms with Gasteiger partial charge in [-0.25, -0.2) is 0 Å². The molecule has 1 atom stereocenters. The predicted molar refractivity (Wildman–Crippen MR) is 153 cm³/mol. The number of aryl methyl sites for hydroxylation is 2.